The average molecular weight is 229 g/mol. The van der Waals surface area contributed by atoms with Crippen LogP contribution in [0.25, 0.3) is 10.8 Å². The molecule has 0 fully saturated rings. The van der Waals surface area contributed by atoms with Gasteiger partial charge >= 0.3 is 0 Å². The van der Waals surface area contributed by atoms with Crippen molar-refractivity contribution in [2.45, 2.75) is 32.4 Å². The molecule has 0 amide bonds. The molecule has 0 saturated carbocycles. The lowest BCUT2D eigenvalue weighted by Crippen LogP contribution is -2.34. The highest BCUT2D eigenvalue weighted by Crippen LogP contribution is 2.26. The van der Waals surface area contributed by atoms with Gasteiger partial charge in [-0.05, 0) is 43.2 Å². The standard InChI is InChI=1S/C15H19NO/c1-10-4-5-11-6-7-12(9-13(11)8-10)14(16)15(2,3)17/h4-9,14,17H,16H2,1-3H3/t14-/m1/s1. The lowest BCUT2D eigenvalue weighted by atomic mass is 9.91. The van der Waals surface area contributed by atoms with Gasteiger partial charge in [0.15, 0.2) is 0 Å². The largest absolute Gasteiger partial charge is 0.388 e. The van der Waals surface area contributed by atoms with Crippen LogP contribution in [-0.4, -0.2) is 10.7 Å². The zero-order valence-electron chi connectivity index (χ0n) is 10.6. The molecule has 0 aliphatic rings. The normalized spacial score (nSPS) is 13.9. The maximum atomic E-state index is 9.94. The van der Waals surface area contributed by atoms with Crippen LogP contribution in [-0.2, 0) is 0 Å². The Hall–Kier alpha value is -1.38. The van der Waals surface area contributed by atoms with Crippen LogP contribution in [0.1, 0.15) is 31.0 Å². The molecule has 0 aliphatic carbocycles. The van der Waals surface area contributed by atoms with E-state index in [1.807, 2.05) is 6.07 Å². The third-order valence-corrected chi connectivity index (χ3v) is 3.14. The number of nitrogens with two attached hydrogens (primary N) is 1. The maximum absolute atomic E-state index is 9.94. The zero-order chi connectivity index (χ0) is 12.6. The van der Waals surface area contributed by atoms with E-state index in [2.05, 4.69) is 37.3 Å². The third-order valence-electron chi connectivity index (χ3n) is 3.14. The summed E-state index contributed by atoms with van der Waals surface area (Å²) in [6.45, 7) is 5.54. The summed E-state index contributed by atoms with van der Waals surface area (Å²) in [4.78, 5) is 0. The van der Waals surface area contributed by atoms with E-state index in [0.29, 0.717) is 0 Å². The van der Waals surface area contributed by atoms with Crippen molar-refractivity contribution >= 4 is 10.8 Å². The molecule has 2 aromatic carbocycles. The molecule has 2 aromatic rings. The number of benzene rings is 2. The van der Waals surface area contributed by atoms with Crippen LogP contribution in [0.2, 0.25) is 0 Å². The molecule has 0 saturated heterocycles. The lowest BCUT2D eigenvalue weighted by Gasteiger charge is -2.26. The van der Waals surface area contributed by atoms with Crippen LogP contribution < -0.4 is 5.73 Å². The Morgan fingerprint density at radius 3 is 2.35 bits per heavy atom. The van der Waals surface area contributed by atoms with E-state index in [4.69, 9.17) is 5.73 Å². The monoisotopic (exact) mass is 229 g/mol. The van der Waals surface area contributed by atoms with Crippen LogP contribution in [0.4, 0.5) is 0 Å². The Morgan fingerprint density at radius 1 is 1.06 bits per heavy atom. The number of aliphatic hydroxyl groups is 1. The Morgan fingerprint density at radius 2 is 1.71 bits per heavy atom. The molecule has 2 nitrogen and oxygen atoms in total. The van der Waals surface area contributed by atoms with Crippen LogP contribution >= 0.6 is 0 Å². The molecule has 0 bridgehead atoms. The number of fused-ring (bicyclic) bond motifs is 1. The minimum Gasteiger partial charge on any atom is -0.388 e. The summed E-state index contributed by atoms with van der Waals surface area (Å²) in [6, 6.07) is 12.1. The van der Waals surface area contributed by atoms with E-state index in [0.717, 1.165) is 5.56 Å². The zero-order valence-corrected chi connectivity index (χ0v) is 10.6. The summed E-state index contributed by atoms with van der Waals surface area (Å²) in [5, 5.41) is 12.3. The van der Waals surface area contributed by atoms with Gasteiger partial charge in [-0.1, -0.05) is 35.9 Å². The second kappa shape index (κ2) is 4.13. The fraction of sp³-hybridized carbons (Fsp3) is 0.333. The van der Waals surface area contributed by atoms with Gasteiger partial charge in [0, 0.05) is 0 Å². The quantitative estimate of drug-likeness (QED) is 0.831. The van der Waals surface area contributed by atoms with E-state index < -0.39 is 5.60 Å². The van der Waals surface area contributed by atoms with Gasteiger partial charge in [-0.15, -0.1) is 0 Å². The minimum absolute atomic E-state index is 0.368. The summed E-state index contributed by atoms with van der Waals surface area (Å²) in [6.07, 6.45) is 0. The van der Waals surface area contributed by atoms with Gasteiger partial charge in [0.1, 0.15) is 0 Å². The van der Waals surface area contributed by atoms with Gasteiger partial charge in [-0.2, -0.15) is 0 Å². The van der Waals surface area contributed by atoms with Crippen molar-refractivity contribution in [1.29, 1.82) is 0 Å². The molecule has 2 rings (SSSR count). The molecular weight excluding hydrogens is 210 g/mol. The predicted octanol–water partition coefficient (Wildman–Crippen LogP) is 2.92. The first-order valence-corrected chi connectivity index (χ1v) is 5.86. The van der Waals surface area contributed by atoms with Gasteiger partial charge in [0.25, 0.3) is 0 Å². The van der Waals surface area contributed by atoms with Crippen molar-refractivity contribution in [3.8, 4) is 0 Å². The number of aryl methyl sites for hydroxylation is 1. The van der Waals surface area contributed by atoms with Gasteiger partial charge in [0.2, 0.25) is 0 Å². The van der Waals surface area contributed by atoms with Crippen molar-refractivity contribution in [1.82, 2.24) is 0 Å². The topological polar surface area (TPSA) is 46.2 Å². The first-order valence-electron chi connectivity index (χ1n) is 5.86. The molecule has 0 aliphatic heterocycles. The van der Waals surface area contributed by atoms with Crippen molar-refractivity contribution in [3.63, 3.8) is 0 Å². The summed E-state index contributed by atoms with van der Waals surface area (Å²) in [5.74, 6) is 0. The van der Waals surface area contributed by atoms with Crippen LogP contribution in [0.3, 0.4) is 0 Å². The van der Waals surface area contributed by atoms with E-state index in [1.165, 1.54) is 16.3 Å². The molecule has 17 heavy (non-hydrogen) atoms. The highest BCUT2D eigenvalue weighted by molar-refractivity contribution is 5.83. The van der Waals surface area contributed by atoms with Gasteiger partial charge < -0.3 is 10.8 Å². The highest BCUT2D eigenvalue weighted by atomic mass is 16.3. The molecule has 3 N–H and O–H groups in total. The van der Waals surface area contributed by atoms with Crippen molar-refractivity contribution in [3.05, 3.63) is 47.5 Å². The van der Waals surface area contributed by atoms with Crippen molar-refractivity contribution < 1.29 is 5.11 Å². The molecule has 90 valence electrons. The van der Waals surface area contributed by atoms with Crippen LogP contribution in [0.15, 0.2) is 36.4 Å². The van der Waals surface area contributed by atoms with E-state index in [9.17, 15) is 5.11 Å². The van der Waals surface area contributed by atoms with Gasteiger partial charge in [-0.3, -0.25) is 0 Å². The minimum atomic E-state index is -0.905. The number of hydrogen-bond acceptors (Lipinski definition) is 2. The van der Waals surface area contributed by atoms with E-state index in [1.54, 1.807) is 13.8 Å². The first-order chi connectivity index (χ1) is 7.88. The molecule has 0 spiro atoms. The summed E-state index contributed by atoms with van der Waals surface area (Å²) < 4.78 is 0. The molecule has 2 heteroatoms. The fourth-order valence-electron chi connectivity index (χ4n) is 1.99. The van der Waals surface area contributed by atoms with Crippen molar-refractivity contribution in [2.24, 2.45) is 5.73 Å². The van der Waals surface area contributed by atoms with E-state index in [-0.39, 0.29) is 6.04 Å². The Labute approximate surface area is 102 Å². The summed E-state index contributed by atoms with van der Waals surface area (Å²) in [7, 11) is 0. The fourth-order valence-corrected chi connectivity index (χ4v) is 1.99. The van der Waals surface area contributed by atoms with E-state index >= 15 is 0 Å². The molecule has 0 unspecified atom stereocenters. The second-order valence-electron chi connectivity index (χ2n) is 5.24. The van der Waals surface area contributed by atoms with Crippen LogP contribution in [0, 0.1) is 6.92 Å². The Bertz CT molecular complexity index is 540. The number of rotatable bonds is 2. The number of hydrogen-bond donors (Lipinski definition) is 2. The SMILES string of the molecule is Cc1ccc2ccc([C@@H](N)C(C)(C)O)cc2c1. The average Bonchev–Trinajstić information content (AvgIpc) is 2.25. The van der Waals surface area contributed by atoms with Gasteiger partial charge in [0.05, 0.1) is 11.6 Å². The summed E-state index contributed by atoms with van der Waals surface area (Å²) >= 11 is 0. The maximum Gasteiger partial charge on any atom is 0.0783 e. The molecule has 0 radical (unpaired) electrons. The second-order valence-corrected chi connectivity index (χ2v) is 5.24. The van der Waals surface area contributed by atoms with Crippen LogP contribution in [0.5, 0.6) is 0 Å². The third kappa shape index (κ3) is 2.48. The molecule has 1 atom stereocenters. The molecule has 0 aromatic heterocycles. The lowest BCUT2D eigenvalue weighted by molar-refractivity contribution is 0.0518. The molecule has 0 heterocycles. The predicted molar refractivity (Wildman–Crippen MR) is 71.9 cm³/mol. The first kappa shape index (κ1) is 12.1. The summed E-state index contributed by atoms with van der Waals surface area (Å²) in [5.41, 5.74) is 7.34. The Kier molecular flexibility index (Phi) is 2.94. The Balaban J connectivity index is 2.50. The molecular formula is C15H19NO. The highest BCUT2D eigenvalue weighted by Gasteiger charge is 2.24. The van der Waals surface area contributed by atoms with Gasteiger partial charge in [-0.25, -0.2) is 0 Å². The van der Waals surface area contributed by atoms with Crippen molar-refractivity contribution in [2.75, 3.05) is 0 Å². The smallest absolute Gasteiger partial charge is 0.0783 e.